The lowest BCUT2D eigenvalue weighted by atomic mass is 10.0. The molecule has 418 valence electrons. The van der Waals surface area contributed by atoms with Crippen LogP contribution >= 0.6 is 11.8 Å². The number of benzene rings is 2. The number of carboxylic acid groups (broad SMARTS) is 1. The minimum Gasteiger partial charge on any atom is -0.480 e. The van der Waals surface area contributed by atoms with Gasteiger partial charge in [0.15, 0.2) is 0 Å². The second kappa shape index (κ2) is 31.7. The third-order valence-electron chi connectivity index (χ3n) is 11.8. The number of aliphatic hydroxyl groups excluding tert-OH is 3. The number of aliphatic carboxylic acids is 1. The van der Waals surface area contributed by atoms with E-state index in [1.165, 1.54) is 18.7 Å². The Morgan fingerprint density at radius 1 is 0.579 bits per heavy atom. The molecule has 3 aromatic rings. The second-order valence-electron chi connectivity index (χ2n) is 18.8. The lowest BCUT2D eigenvalue weighted by Gasteiger charge is -2.28. The van der Waals surface area contributed by atoms with Gasteiger partial charge in [-0.15, -0.1) is 0 Å². The third-order valence-corrected chi connectivity index (χ3v) is 12.5. The molecule has 2 aromatic carbocycles. The van der Waals surface area contributed by atoms with Gasteiger partial charge < -0.3 is 79.0 Å². The van der Waals surface area contributed by atoms with E-state index in [0.717, 1.165) is 16.5 Å². The molecule has 0 radical (unpaired) electrons. The smallest absolute Gasteiger partial charge is 0.326 e. The molecule has 3 rings (SSSR count). The Balaban J connectivity index is 1.64. The Kier molecular flexibility index (Phi) is 26.3. The molecule has 0 saturated heterocycles. The first-order valence-corrected chi connectivity index (χ1v) is 26.0. The Morgan fingerprint density at radius 3 is 1.66 bits per heavy atom. The highest BCUT2D eigenvalue weighted by molar-refractivity contribution is 7.98. The highest BCUT2D eigenvalue weighted by atomic mass is 32.2. The number of aliphatic hydroxyl groups is 3. The van der Waals surface area contributed by atoms with Gasteiger partial charge in [-0.2, -0.15) is 11.8 Å². The van der Waals surface area contributed by atoms with Gasteiger partial charge in [-0.05, 0) is 67.2 Å². The van der Waals surface area contributed by atoms with Crippen LogP contribution in [0.1, 0.15) is 58.6 Å². The standard InChI is InChI=1S/C50H73N11O14S/c1-26(2)18-36(50(74)75)55-40(65)22-53-44(68)35(19-29-12-8-7-9-13-29)57-49(73)41(27(3)4)61-48(72)39(25-64)60-47(71)38(24-63)59-45(69)34(16-17-76-6)56-46(70)37(23-62)58-42(66)28(5)54-43(67)32(51)20-30-21-52-33-15-11-10-14-31(30)33/h7-15,21,26-28,32,34-39,41,52,62-64H,16-20,22-25,51H2,1-6H3,(H,53,68)(H,54,67)(H,55,65)(H,56,70)(H,57,73)(H,58,66)(H,59,69)(H,60,71)(H,61,72)(H,74,75)/t28-,32-,34-,35-,36-,37-,38-,39-,41-/m0/s1. The van der Waals surface area contributed by atoms with Crippen LogP contribution in [0.5, 0.6) is 0 Å². The summed E-state index contributed by atoms with van der Waals surface area (Å²) in [6.45, 7) is 4.42. The molecule has 1 heterocycles. The molecule has 9 atom stereocenters. The van der Waals surface area contributed by atoms with Crippen LogP contribution in [-0.2, 0) is 60.8 Å². The summed E-state index contributed by atoms with van der Waals surface area (Å²) in [7, 11) is 0. The zero-order chi connectivity index (χ0) is 56.6. The van der Waals surface area contributed by atoms with E-state index >= 15 is 0 Å². The van der Waals surface area contributed by atoms with Gasteiger partial charge in [-0.25, -0.2) is 4.79 Å². The first-order chi connectivity index (χ1) is 36.0. The lowest BCUT2D eigenvalue weighted by molar-refractivity contribution is -0.142. The van der Waals surface area contributed by atoms with Gasteiger partial charge in [0.05, 0.1) is 32.4 Å². The van der Waals surface area contributed by atoms with Crippen LogP contribution in [-0.4, -0.2) is 177 Å². The molecule has 0 saturated carbocycles. The molecule has 25 nitrogen and oxygen atoms in total. The summed E-state index contributed by atoms with van der Waals surface area (Å²) in [4.78, 5) is 135. The number of hydrogen-bond donors (Lipinski definition) is 15. The van der Waals surface area contributed by atoms with E-state index in [2.05, 4.69) is 52.8 Å². The van der Waals surface area contributed by atoms with Crippen LogP contribution in [0.25, 0.3) is 10.9 Å². The number of carbonyl (C=O) groups is 10. The monoisotopic (exact) mass is 1080 g/mol. The number of nitrogens with two attached hydrogens (primary N) is 1. The summed E-state index contributed by atoms with van der Waals surface area (Å²) in [5.41, 5.74) is 8.40. The Labute approximate surface area is 444 Å². The zero-order valence-electron chi connectivity index (χ0n) is 43.3. The lowest BCUT2D eigenvalue weighted by Crippen LogP contribution is -2.62. The number of para-hydroxylation sites is 1. The van der Waals surface area contributed by atoms with Crippen molar-refractivity contribution in [1.29, 1.82) is 0 Å². The summed E-state index contributed by atoms with van der Waals surface area (Å²) >= 11 is 1.30. The first kappa shape index (κ1) is 63.2. The molecule has 0 bridgehead atoms. The molecule has 0 aliphatic heterocycles. The predicted molar refractivity (Wildman–Crippen MR) is 280 cm³/mol. The van der Waals surface area contributed by atoms with E-state index in [4.69, 9.17) is 5.73 Å². The second-order valence-corrected chi connectivity index (χ2v) is 19.7. The van der Waals surface area contributed by atoms with Gasteiger partial charge in [-0.1, -0.05) is 76.2 Å². The molecular weight excluding hydrogens is 1010 g/mol. The molecule has 0 aliphatic rings. The van der Waals surface area contributed by atoms with Gasteiger partial charge in [0.2, 0.25) is 53.2 Å². The predicted octanol–water partition coefficient (Wildman–Crippen LogP) is -3.19. The fourth-order valence-corrected chi connectivity index (χ4v) is 8.03. The first-order valence-electron chi connectivity index (χ1n) is 24.6. The maximum atomic E-state index is 13.8. The van der Waals surface area contributed by atoms with E-state index in [1.54, 1.807) is 70.5 Å². The summed E-state index contributed by atoms with van der Waals surface area (Å²) in [5, 5.41) is 62.4. The van der Waals surface area contributed by atoms with Crippen LogP contribution < -0.4 is 53.6 Å². The number of thioether (sulfide) groups is 1. The molecule has 0 fully saturated rings. The van der Waals surface area contributed by atoms with Crippen molar-refractivity contribution in [3.8, 4) is 0 Å². The number of nitrogens with one attached hydrogen (secondary N) is 10. The molecule has 0 aliphatic carbocycles. The number of hydrogen-bond acceptors (Lipinski definition) is 15. The largest absolute Gasteiger partial charge is 0.480 e. The van der Waals surface area contributed by atoms with E-state index in [0.29, 0.717) is 5.56 Å². The fraction of sp³-hybridized carbons (Fsp3) is 0.520. The number of carboxylic acids is 1. The van der Waals surface area contributed by atoms with Crippen LogP contribution in [0.2, 0.25) is 0 Å². The topological polar surface area (TPSA) is 402 Å². The number of H-pyrrole nitrogens is 1. The SMILES string of the molecule is CSCC[C@H](NC(=O)[C@H](CO)NC(=O)[C@H](C)NC(=O)[C@@H](N)Cc1c[nH]c2ccccc12)C(=O)N[C@@H](CO)C(=O)N[C@@H](CO)C(=O)N[C@H](C(=O)N[C@@H](Cc1ccccc1)C(=O)NCC(=O)N[C@@H](CC(C)C)C(=O)O)C(C)C. The van der Waals surface area contributed by atoms with Crippen molar-refractivity contribution in [3.05, 3.63) is 71.9 Å². The molecule has 16 N–H and O–H groups in total. The fourth-order valence-electron chi connectivity index (χ4n) is 7.55. The number of fused-ring (bicyclic) bond motifs is 1. The number of aromatic amines is 1. The van der Waals surface area contributed by atoms with Crippen molar-refractivity contribution < 1.29 is 68.4 Å². The van der Waals surface area contributed by atoms with Crippen molar-refractivity contribution in [2.24, 2.45) is 17.6 Å². The number of amides is 9. The average Bonchev–Trinajstić information content (AvgIpc) is 3.79. The highest BCUT2D eigenvalue weighted by Gasteiger charge is 2.35. The number of rotatable bonds is 32. The normalized spacial score (nSPS) is 14.8. The van der Waals surface area contributed by atoms with Gasteiger partial charge in [0, 0.05) is 23.5 Å². The van der Waals surface area contributed by atoms with Crippen molar-refractivity contribution in [1.82, 2.24) is 52.8 Å². The third kappa shape index (κ3) is 20.2. The van der Waals surface area contributed by atoms with E-state index in [9.17, 15) is 68.4 Å². The van der Waals surface area contributed by atoms with E-state index in [1.807, 2.05) is 24.3 Å². The number of carbonyl (C=O) groups excluding carboxylic acids is 9. The Morgan fingerprint density at radius 2 is 1.11 bits per heavy atom. The van der Waals surface area contributed by atoms with Crippen molar-refractivity contribution in [2.45, 2.75) is 115 Å². The maximum absolute atomic E-state index is 13.8. The molecule has 26 heteroatoms. The molecule has 76 heavy (non-hydrogen) atoms. The zero-order valence-corrected chi connectivity index (χ0v) is 44.2. The van der Waals surface area contributed by atoms with Crippen molar-refractivity contribution >= 4 is 81.8 Å². The van der Waals surface area contributed by atoms with Crippen LogP contribution in [0, 0.1) is 11.8 Å². The van der Waals surface area contributed by atoms with E-state index in [-0.39, 0.29) is 37.4 Å². The van der Waals surface area contributed by atoms with Crippen LogP contribution in [0.3, 0.4) is 0 Å². The van der Waals surface area contributed by atoms with Gasteiger partial charge in [-0.3, -0.25) is 43.2 Å². The van der Waals surface area contributed by atoms with Crippen LogP contribution in [0.4, 0.5) is 0 Å². The summed E-state index contributed by atoms with van der Waals surface area (Å²) < 4.78 is 0. The number of aromatic nitrogens is 1. The molecule has 0 unspecified atom stereocenters. The average molecular weight is 1080 g/mol. The molecule has 9 amide bonds. The summed E-state index contributed by atoms with van der Waals surface area (Å²) in [6.07, 6.45) is 3.62. The van der Waals surface area contributed by atoms with Gasteiger partial charge in [0.25, 0.3) is 0 Å². The summed E-state index contributed by atoms with van der Waals surface area (Å²) in [6, 6.07) is 3.22. The molecular formula is C50H73N11O14S. The maximum Gasteiger partial charge on any atom is 0.326 e. The quantitative estimate of drug-likeness (QED) is 0.0293. The minimum atomic E-state index is -1.77. The minimum absolute atomic E-state index is 0.0411. The van der Waals surface area contributed by atoms with Crippen molar-refractivity contribution in [2.75, 3.05) is 38.4 Å². The summed E-state index contributed by atoms with van der Waals surface area (Å²) in [5.74, 6) is -9.91. The molecule has 0 spiro atoms. The Bertz CT molecular complexity index is 2460. The van der Waals surface area contributed by atoms with Gasteiger partial charge in [0.1, 0.15) is 48.3 Å². The van der Waals surface area contributed by atoms with E-state index < -0.39 is 146 Å². The van der Waals surface area contributed by atoms with Crippen LogP contribution in [0.15, 0.2) is 60.8 Å². The molecule has 1 aromatic heterocycles. The van der Waals surface area contributed by atoms with Gasteiger partial charge >= 0.3 is 5.97 Å². The van der Waals surface area contributed by atoms with Crippen molar-refractivity contribution in [3.63, 3.8) is 0 Å². The Hall–Kier alpha value is -7.13. The highest BCUT2D eigenvalue weighted by Crippen LogP contribution is 2.19.